The van der Waals surface area contributed by atoms with Gasteiger partial charge >= 0.3 is 0 Å². The van der Waals surface area contributed by atoms with Crippen LogP contribution in [0.2, 0.25) is 0 Å². The first-order chi connectivity index (χ1) is 10.3. The quantitative estimate of drug-likeness (QED) is 0.790. The maximum absolute atomic E-state index is 4.64. The molecule has 0 amide bonds. The van der Waals surface area contributed by atoms with Crippen LogP contribution >= 0.6 is 0 Å². The fourth-order valence-electron chi connectivity index (χ4n) is 2.77. The second kappa shape index (κ2) is 7.99. The Hall–Kier alpha value is -1.61. The third-order valence-corrected chi connectivity index (χ3v) is 3.93. The van der Waals surface area contributed by atoms with Crippen LogP contribution in [0.25, 0.3) is 0 Å². The van der Waals surface area contributed by atoms with E-state index in [1.54, 1.807) is 0 Å². The highest BCUT2D eigenvalue weighted by atomic mass is 15.1. The lowest BCUT2D eigenvalue weighted by molar-refractivity contribution is 0.425. The van der Waals surface area contributed by atoms with Gasteiger partial charge in [-0.15, -0.1) is 0 Å². The van der Waals surface area contributed by atoms with Gasteiger partial charge < -0.3 is 9.88 Å². The van der Waals surface area contributed by atoms with Crippen LogP contribution in [-0.2, 0) is 6.54 Å². The molecule has 1 N–H and O–H groups in total. The molecule has 114 valence electrons. The van der Waals surface area contributed by atoms with Crippen molar-refractivity contribution in [2.45, 2.75) is 52.1 Å². The molecule has 1 aromatic heterocycles. The molecule has 2 rings (SSSR count). The number of aromatic nitrogens is 2. The van der Waals surface area contributed by atoms with Gasteiger partial charge in [0.1, 0.15) is 5.82 Å². The second-order valence-corrected chi connectivity index (χ2v) is 5.61. The lowest BCUT2D eigenvalue weighted by Gasteiger charge is -2.26. The summed E-state index contributed by atoms with van der Waals surface area (Å²) >= 11 is 0. The van der Waals surface area contributed by atoms with Crippen molar-refractivity contribution in [3.8, 4) is 0 Å². The minimum Gasteiger partial charge on any atom is -0.334 e. The molecule has 0 aliphatic carbocycles. The Morgan fingerprint density at radius 3 is 2.57 bits per heavy atom. The Balaban J connectivity index is 2.27. The first-order valence-corrected chi connectivity index (χ1v) is 8.07. The normalized spacial score (nSPS) is 14.0. The molecule has 0 aliphatic heterocycles. The molecule has 0 spiro atoms. The number of aryl methyl sites for hydroxylation is 1. The van der Waals surface area contributed by atoms with E-state index in [9.17, 15) is 0 Å². The molecule has 1 aromatic carbocycles. The molecule has 0 saturated carbocycles. The smallest absolute Gasteiger partial charge is 0.126 e. The number of benzene rings is 1. The van der Waals surface area contributed by atoms with Gasteiger partial charge in [-0.3, -0.25) is 0 Å². The Labute approximate surface area is 128 Å². The average Bonchev–Trinajstić information content (AvgIpc) is 2.97. The standard InChI is InChI=1S/C18H27N3/c1-4-11-19-17(15(3)16-9-7-6-8-10-16)18-20-12-14-21(18)13-5-2/h6-10,12,14-15,17,19H,4-5,11,13H2,1-3H3. The first-order valence-electron chi connectivity index (χ1n) is 8.07. The molecule has 1 heterocycles. The first kappa shape index (κ1) is 15.8. The molecule has 2 aromatic rings. The van der Waals surface area contributed by atoms with E-state index in [4.69, 9.17) is 0 Å². The predicted molar refractivity (Wildman–Crippen MR) is 88.4 cm³/mol. The number of nitrogens with zero attached hydrogens (tertiary/aromatic N) is 2. The molecule has 0 radical (unpaired) electrons. The van der Waals surface area contributed by atoms with Crippen LogP contribution in [-0.4, -0.2) is 16.1 Å². The molecule has 0 bridgehead atoms. The fraction of sp³-hybridized carbons (Fsp3) is 0.500. The summed E-state index contributed by atoms with van der Waals surface area (Å²) in [7, 11) is 0. The van der Waals surface area contributed by atoms with E-state index < -0.39 is 0 Å². The van der Waals surface area contributed by atoms with Gasteiger partial charge in [0.2, 0.25) is 0 Å². The van der Waals surface area contributed by atoms with Crippen molar-refractivity contribution in [1.82, 2.24) is 14.9 Å². The highest BCUT2D eigenvalue weighted by Gasteiger charge is 2.24. The average molecular weight is 285 g/mol. The Bertz CT molecular complexity index is 518. The molecule has 2 unspecified atom stereocenters. The SMILES string of the molecule is CCCNC(c1nccn1CCC)C(C)c1ccccc1. The van der Waals surface area contributed by atoms with Crippen LogP contribution in [0.5, 0.6) is 0 Å². The number of hydrogen-bond acceptors (Lipinski definition) is 2. The zero-order valence-corrected chi connectivity index (χ0v) is 13.4. The summed E-state index contributed by atoms with van der Waals surface area (Å²) in [6.07, 6.45) is 6.27. The predicted octanol–water partition coefficient (Wildman–Crippen LogP) is 4.14. The second-order valence-electron chi connectivity index (χ2n) is 5.61. The van der Waals surface area contributed by atoms with Gasteiger partial charge in [0.25, 0.3) is 0 Å². The largest absolute Gasteiger partial charge is 0.334 e. The van der Waals surface area contributed by atoms with E-state index in [-0.39, 0.29) is 6.04 Å². The third-order valence-electron chi connectivity index (χ3n) is 3.93. The van der Waals surface area contributed by atoms with Crippen molar-refractivity contribution in [2.75, 3.05) is 6.54 Å². The lowest BCUT2D eigenvalue weighted by Crippen LogP contribution is -2.29. The minimum absolute atomic E-state index is 0.258. The third kappa shape index (κ3) is 3.94. The van der Waals surface area contributed by atoms with Gasteiger partial charge in [0.05, 0.1) is 6.04 Å². The van der Waals surface area contributed by atoms with Gasteiger partial charge in [0.15, 0.2) is 0 Å². The molecule has 0 aliphatic rings. The van der Waals surface area contributed by atoms with Crippen molar-refractivity contribution in [2.24, 2.45) is 0 Å². The van der Waals surface area contributed by atoms with Gasteiger partial charge in [-0.1, -0.05) is 51.1 Å². The van der Waals surface area contributed by atoms with Crippen LogP contribution in [0.3, 0.4) is 0 Å². The van der Waals surface area contributed by atoms with Gasteiger partial charge in [-0.25, -0.2) is 4.98 Å². The maximum atomic E-state index is 4.64. The zero-order chi connectivity index (χ0) is 15.1. The van der Waals surface area contributed by atoms with E-state index in [2.05, 4.69) is 72.2 Å². The van der Waals surface area contributed by atoms with Crippen molar-refractivity contribution in [1.29, 1.82) is 0 Å². The summed E-state index contributed by atoms with van der Waals surface area (Å²) in [6.45, 7) is 8.74. The maximum Gasteiger partial charge on any atom is 0.126 e. The van der Waals surface area contributed by atoms with Gasteiger partial charge in [-0.2, -0.15) is 0 Å². The molecule has 3 heteroatoms. The van der Waals surface area contributed by atoms with Gasteiger partial charge in [-0.05, 0) is 24.9 Å². The van der Waals surface area contributed by atoms with Gasteiger partial charge in [0, 0.05) is 24.9 Å². The van der Waals surface area contributed by atoms with E-state index in [1.165, 1.54) is 5.56 Å². The van der Waals surface area contributed by atoms with Crippen molar-refractivity contribution >= 4 is 0 Å². The van der Waals surface area contributed by atoms with Crippen LogP contribution in [0.1, 0.15) is 57.0 Å². The monoisotopic (exact) mass is 285 g/mol. The molecule has 0 fully saturated rings. The molecular weight excluding hydrogens is 258 g/mol. The van der Waals surface area contributed by atoms with Crippen LogP contribution in [0.15, 0.2) is 42.7 Å². The Morgan fingerprint density at radius 2 is 1.90 bits per heavy atom. The summed E-state index contributed by atoms with van der Waals surface area (Å²) in [5.41, 5.74) is 1.36. The Kier molecular flexibility index (Phi) is 6.00. The number of imidazole rings is 1. The zero-order valence-electron chi connectivity index (χ0n) is 13.4. The molecular formula is C18H27N3. The molecule has 3 nitrogen and oxygen atoms in total. The molecule has 21 heavy (non-hydrogen) atoms. The summed E-state index contributed by atoms with van der Waals surface area (Å²) in [5.74, 6) is 1.55. The van der Waals surface area contributed by atoms with E-state index in [1.807, 2.05) is 6.20 Å². The van der Waals surface area contributed by atoms with E-state index in [0.29, 0.717) is 5.92 Å². The minimum atomic E-state index is 0.258. The molecule has 2 atom stereocenters. The topological polar surface area (TPSA) is 29.9 Å². The van der Waals surface area contributed by atoms with Crippen molar-refractivity contribution in [3.05, 3.63) is 54.1 Å². The number of rotatable bonds is 8. The Morgan fingerprint density at radius 1 is 1.14 bits per heavy atom. The summed E-state index contributed by atoms with van der Waals surface area (Å²) in [6, 6.07) is 11.0. The van der Waals surface area contributed by atoms with Crippen LogP contribution < -0.4 is 5.32 Å². The van der Waals surface area contributed by atoms with Crippen LogP contribution in [0.4, 0.5) is 0 Å². The van der Waals surface area contributed by atoms with Crippen LogP contribution in [0, 0.1) is 0 Å². The van der Waals surface area contributed by atoms with Crippen molar-refractivity contribution < 1.29 is 0 Å². The van der Waals surface area contributed by atoms with E-state index >= 15 is 0 Å². The fourth-order valence-corrected chi connectivity index (χ4v) is 2.77. The van der Waals surface area contributed by atoms with E-state index in [0.717, 1.165) is 31.8 Å². The van der Waals surface area contributed by atoms with Crippen molar-refractivity contribution in [3.63, 3.8) is 0 Å². The summed E-state index contributed by atoms with van der Waals surface area (Å²) in [5, 5.41) is 3.69. The molecule has 0 saturated heterocycles. The summed E-state index contributed by atoms with van der Waals surface area (Å²) < 4.78 is 2.28. The summed E-state index contributed by atoms with van der Waals surface area (Å²) in [4.78, 5) is 4.64. The lowest BCUT2D eigenvalue weighted by atomic mass is 9.92. The highest BCUT2D eigenvalue weighted by Crippen LogP contribution is 2.29. The number of hydrogen-bond donors (Lipinski definition) is 1. The number of nitrogens with one attached hydrogen (secondary N) is 1. The highest BCUT2D eigenvalue weighted by molar-refractivity contribution is 5.22.